The Bertz CT molecular complexity index is 225. The zero-order valence-electron chi connectivity index (χ0n) is 12.5. The molecular formula is C16H32N2. The molecule has 2 rings (SSSR count). The van der Waals surface area contributed by atoms with Gasteiger partial charge in [-0.15, -0.1) is 0 Å². The molecule has 1 aliphatic carbocycles. The van der Waals surface area contributed by atoms with Crippen molar-refractivity contribution in [2.45, 2.75) is 89.8 Å². The molecule has 0 spiro atoms. The third kappa shape index (κ3) is 3.71. The molecule has 1 saturated carbocycles. The van der Waals surface area contributed by atoms with Crippen LogP contribution in [0.15, 0.2) is 0 Å². The van der Waals surface area contributed by atoms with E-state index >= 15 is 0 Å². The highest BCUT2D eigenvalue weighted by Gasteiger charge is 2.31. The van der Waals surface area contributed by atoms with Crippen LogP contribution in [0.3, 0.4) is 0 Å². The monoisotopic (exact) mass is 252 g/mol. The summed E-state index contributed by atoms with van der Waals surface area (Å²) in [7, 11) is 0. The van der Waals surface area contributed by atoms with Gasteiger partial charge in [-0.05, 0) is 51.6 Å². The van der Waals surface area contributed by atoms with E-state index in [9.17, 15) is 0 Å². The Hall–Kier alpha value is -0.0800. The van der Waals surface area contributed by atoms with Crippen molar-refractivity contribution in [3.63, 3.8) is 0 Å². The lowest BCUT2D eigenvalue weighted by molar-refractivity contribution is 0.0596. The first-order valence-electron chi connectivity index (χ1n) is 8.34. The van der Waals surface area contributed by atoms with Crippen molar-refractivity contribution < 1.29 is 0 Å². The van der Waals surface area contributed by atoms with Gasteiger partial charge in [-0.2, -0.15) is 0 Å². The van der Waals surface area contributed by atoms with Crippen LogP contribution in [0.4, 0.5) is 0 Å². The van der Waals surface area contributed by atoms with E-state index in [1.54, 1.807) is 0 Å². The minimum absolute atomic E-state index is 0.790. The lowest BCUT2D eigenvalue weighted by Gasteiger charge is -2.44. The molecule has 0 bridgehead atoms. The number of piperidine rings is 1. The molecule has 0 aromatic heterocycles. The Kier molecular flexibility index (Phi) is 5.97. The summed E-state index contributed by atoms with van der Waals surface area (Å²) >= 11 is 0. The number of rotatable bonds is 5. The quantitative estimate of drug-likeness (QED) is 0.805. The van der Waals surface area contributed by atoms with Crippen molar-refractivity contribution in [2.24, 2.45) is 0 Å². The van der Waals surface area contributed by atoms with Gasteiger partial charge in [0, 0.05) is 18.1 Å². The van der Waals surface area contributed by atoms with Crippen molar-refractivity contribution in [2.75, 3.05) is 13.1 Å². The van der Waals surface area contributed by atoms with Crippen LogP contribution in [-0.4, -0.2) is 36.1 Å². The largest absolute Gasteiger partial charge is 0.314 e. The molecule has 1 aliphatic heterocycles. The first-order chi connectivity index (χ1) is 8.85. The number of nitrogens with zero attached hydrogens (tertiary/aromatic N) is 1. The van der Waals surface area contributed by atoms with Crippen molar-refractivity contribution in [3.8, 4) is 0 Å². The summed E-state index contributed by atoms with van der Waals surface area (Å²) in [5.41, 5.74) is 0. The van der Waals surface area contributed by atoms with Gasteiger partial charge in [-0.25, -0.2) is 0 Å². The second kappa shape index (κ2) is 7.49. The van der Waals surface area contributed by atoms with Gasteiger partial charge in [0.15, 0.2) is 0 Å². The Morgan fingerprint density at radius 2 is 1.94 bits per heavy atom. The fraction of sp³-hybridized carbons (Fsp3) is 1.00. The molecule has 2 heteroatoms. The molecule has 0 aromatic carbocycles. The van der Waals surface area contributed by atoms with Crippen LogP contribution in [0.1, 0.15) is 71.6 Å². The third-order valence-corrected chi connectivity index (χ3v) is 4.90. The van der Waals surface area contributed by atoms with Gasteiger partial charge in [-0.1, -0.05) is 33.1 Å². The molecule has 1 saturated heterocycles. The fourth-order valence-electron chi connectivity index (χ4n) is 4.09. The second-order valence-electron chi connectivity index (χ2n) is 6.25. The standard InChI is InChI=1S/C16H32N2/c1-3-8-15-10-5-6-12-18(15)16-11-7-9-14(13-16)17-4-2/h14-17H,3-13H2,1-2H3. The Morgan fingerprint density at radius 3 is 2.72 bits per heavy atom. The SMILES string of the molecule is CCCC1CCCCN1C1CCCC(NCC)C1. The third-order valence-electron chi connectivity index (χ3n) is 4.90. The highest BCUT2D eigenvalue weighted by atomic mass is 15.2. The summed E-state index contributed by atoms with van der Waals surface area (Å²) in [5, 5.41) is 3.67. The molecule has 0 radical (unpaired) electrons. The zero-order valence-corrected chi connectivity index (χ0v) is 12.5. The molecule has 2 fully saturated rings. The van der Waals surface area contributed by atoms with Crippen molar-refractivity contribution in [1.29, 1.82) is 0 Å². The van der Waals surface area contributed by atoms with E-state index in [0.29, 0.717) is 0 Å². The van der Waals surface area contributed by atoms with Crippen LogP contribution in [0, 0.1) is 0 Å². The van der Waals surface area contributed by atoms with Gasteiger partial charge >= 0.3 is 0 Å². The van der Waals surface area contributed by atoms with Crippen molar-refractivity contribution in [3.05, 3.63) is 0 Å². The average Bonchev–Trinajstić information content (AvgIpc) is 2.40. The molecule has 1 heterocycles. The van der Waals surface area contributed by atoms with Crippen molar-refractivity contribution in [1.82, 2.24) is 10.2 Å². The van der Waals surface area contributed by atoms with Crippen LogP contribution in [0.2, 0.25) is 0 Å². The maximum absolute atomic E-state index is 3.67. The second-order valence-corrected chi connectivity index (χ2v) is 6.25. The van der Waals surface area contributed by atoms with E-state index < -0.39 is 0 Å². The Balaban J connectivity index is 1.90. The van der Waals surface area contributed by atoms with Crippen molar-refractivity contribution >= 4 is 0 Å². The van der Waals surface area contributed by atoms with Crippen LogP contribution in [0.25, 0.3) is 0 Å². The highest BCUT2D eigenvalue weighted by molar-refractivity contribution is 4.88. The summed E-state index contributed by atoms with van der Waals surface area (Å²) in [6, 6.07) is 2.56. The molecular weight excluding hydrogens is 220 g/mol. The first kappa shape index (κ1) is 14.3. The van der Waals surface area contributed by atoms with Gasteiger partial charge < -0.3 is 5.32 Å². The molecule has 2 nitrogen and oxygen atoms in total. The number of hydrogen-bond acceptors (Lipinski definition) is 2. The molecule has 3 unspecified atom stereocenters. The van der Waals surface area contributed by atoms with E-state index in [4.69, 9.17) is 0 Å². The average molecular weight is 252 g/mol. The molecule has 0 amide bonds. The van der Waals surface area contributed by atoms with Gasteiger partial charge in [0.25, 0.3) is 0 Å². The van der Waals surface area contributed by atoms with E-state index in [1.165, 1.54) is 64.3 Å². The normalized spacial score (nSPS) is 34.7. The lowest BCUT2D eigenvalue weighted by Crippen LogP contribution is -2.50. The maximum Gasteiger partial charge on any atom is 0.0113 e. The predicted octanol–water partition coefficient (Wildman–Crippen LogP) is 3.56. The summed E-state index contributed by atoms with van der Waals surface area (Å²) in [6.45, 7) is 7.09. The number of hydrogen-bond donors (Lipinski definition) is 1. The summed E-state index contributed by atoms with van der Waals surface area (Å²) in [6.07, 6.45) is 12.8. The molecule has 106 valence electrons. The van der Waals surface area contributed by atoms with Crippen LogP contribution >= 0.6 is 0 Å². The van der Waals surface area contributed by atoms with Crippen LogP contribution < -0.4 is 5.32 Å². The Labute approximate surface area is 114 Å². The highest BCUT2D eigenvalue weighted by Crippen LogP contribution is 2.30. The lowest BCUT2D eigenvalue weighted by atomic mass is 9.86. The van der Waals surface area contributed by atoms with Crippen LogP contribution in [-0.2, 0) is 0 Å². The summed E-state index contributed by atoms with van der Waals surface area (Å²) in [4.78, 5) is 2.89. The smallest absolute Gasteiger partial charge is 0.0113 e. The molecule has 0 aromatic rings. The van der Waals surface area contributed by atoms with E-state index in [-0.39, 0.29) is 0 Å². The molecule has 3 atom stereocenters. The summed E-state index contributed by atoms with van der Waals surface area (Å²) in [5.74, 6) is 0. The zero-order chi connectivity index (χ0) is 12.8. The molecule has 18 heavy (non-hydrogen) atoms. The van der Waals surface area contributed by atoms with Gasteiger partial charge in [0.05, 0.1) is 0 Å². The van der Waals surface area contributed by atoms with Gasteiger partial charge in [0.1, 0.15) is 0 Å². The minimum Gasteiger partial charge on any atom is -0.314 e. The van der Waals surface area contributed by atoms with Gasteiger partial charge in [-0.3, -0.25) is 4.90 Å². The topological polar surface area (TPSA) is 15.3 Å². The number of likely N-dealkylation sites (tertiary alicyclic amines) is 1. The van der Waals surface area contributed by atoms with Crippen LogP contribution in [0.5, 0.6) is 0 Å². The minimum atomic E-state index is 0.790. The molecule has 1 N–H and O–H groups in total. The van der Waals surface area contributed by atoms with E-state index in [2.05, 4.69) is 24.1 Å². The Morgan fingerprint density at radius 1 is 1.06 bits per heavy atom. The van der Waals surface area contributed by atoms with E-state index in [1.807, 2.05) is 0 Å². The summed E-state index contributed by atoms with van der Waals surface area (Å²) < 4.78 is 0. The number of nitrogens with one attached hydrogen (secondary N) is 1. The van der Waals surface area contributed by atoms with Gasteiger partial charge in [0.2, 0.25) is 0 Å². The fourth-order valence-corrected chi connectivity index (χ4v) is 4.09. The van der Waals surface area contributed by atoms with E-state index in [0.717, 1.165) is 24.7 Å². The molecule has 2 aliphatic rings. The first-order valence-corrected chi connectivity index (χ1v) is 8.34. The maximum atomic E-state index is 3.67. The predicted molar refractivity (Wildman–Crippen MR) is 79.0 cm³/mol.